The van der Waals surface area contributed by atoms with E-state index in [1.54, 1.807) is 0 Å². The Hall–Kier alpha value is -0.0800. The van der Waals surface area contributed by atoms with Crippen molar-refractivity contribution < 1.29 is 5.11 Å². The van der Waals surface area contributed by atoms with E-state index < -0.39 is 0 Å². The first-order chi connectivity index (χ1) is 8.67. The van der Waals surface area contributed by atoms with Gasteiger partial charge in [-0.15, -0.1) is 0 Å². The molecule has 1 saturated carbocycles. The minimum absolute atomic E-state index is 0.0962. The van der Waals surface area contributed by atoms with E-state index in [0.29, 0.717) is 12.6 Å². The van der Waals surface area contributed by atoms with E-state index >= 15 is 0 Å². The van der Waals surface area contributed by atoms with Crippen molar-refractivity contribution in [1.29, 1.82) is 0 Å². The Morgan fingerprint density at radius 3 is 2.11 bits per heavy atom. The molecule has 0 unspecified atom stereocenters. The highest BCUT2D eigenvalue weighted by molar-refractivity contribution is 4.82. The van der Waals surface area contributed by atoms with Crippen LogP contribution in [0.1, 0.15) is 72.1 Å². The fraction of sp³-hybridized carbons (Fsp3) is 1.00. The van der Waals surface area contributed by atoms with Crippen molar-refractivity contribution in [2.24, 2.45) is 11.3 Å². The Labute approximate surface area is 114 Å². The fourth-order valence-electron chi connectivity index (χ4n) is 3.13. The topological polar surface area (TPSA) is 32.3 Å². The Balaban J connectivity index is 2.40. The van der Waals surface area contributed by atoms with Gasteiger partial charge in [0.2, 0.25) is 0 Å². The lowest BCUT2D eigenvalue weighted by molar-refractivity contribution is 0.106. The molecule has 2 nitrogen and oxygen atoms in total. The molecule has 0 spiro atoms. The smallest absolute Gasteiger partial charge is 0.0499 e. The molecule has 108 valence electrons. The van der Waals surface area contributed by atoms with Gasteiger partial charge in [-0.05, 0) is 38.5 Å². The van der Waals surface area contributed by atoms with Crippen molar-refractivity contribution in [3.05, 3.63) is 0 Å². The monoisotopic (exact) mass is 255 g/mol. The van der Waals surface area contributed by atoms with E-state index in [1.807, 2.05) is 0 Å². The average Bonchev–Trinajstić information content (AvgIpc) is 2.69. The van der Waals surface area contributed by atoms with Crippen LogP contribution in [0.15, 0.2) is 0 Å². The number of aliphatic hydroxyl groups excluding tert-OH is 1. The van der Waals surface area contributed by atoms with Gasteiger partial charge in [0.05, 0.1) is 0 Å². The summed E-state index contributed by atoms with van der Waals surface area (Å²) in [7, 11) is 0. The van der Waals surface area contributed by atoms with E-state index in [1.165, 1.54) is 38.5 Å². The molecule has 18 heavy (non-hydrogen) atoms. The SMILES string of the molecule is CCC(CC)(CO)CN[C@H](C)C1CCCCCC1. The number of aliphatic hydroxyl groups is 1. The zero-order chi connectivity index (χ0) is 13.4. The van der Waals surface area contributed by atoms with Crippen molar-refractivity contribution in [3.63, 3.8) is 0 Å². The Morgan fingerprint density at radius 1 is 1.11 bits per heavy atom. The second-order valence-electron chi connectivity index (χ2n) is 6.29. The largest absolute Gasteiger partial charge is 0.396 e. The standard InChI is InChI=1S/C16H33NO/c1-4-16(5-2,13-18)12-17-14(3)15-10-8-6-7-9-11-15/h14-15,17-18H,4-13H2,1-3H3/t14-/m1/s1. The quantitative estimate of drug-likeness (QED) is 0.679. The lowest BCUT2D eigenvalue weighted by Gasteiger charge is -2.33. The van der Waals surface area contributed by atoms with Crippen LogP contribution in [0.5, 0.6) is 0 Å². The third-order valence-corrected chi connectivity index (χ3v) is 5.24. The summed E-state index contributed by atoms with van der Waals surface area (Å²) < 4.78 is 0. The van der Waals surface area contributed by atoms with Crippen LogP contribution in [0, 0.1) is 11.3 Å². The van der Waals surface area contributed by atoms with Crippen LogP contribution in [-0.4, -0.2) is 24.3 Å². The van der Waals surface area contributed by atoms with E-state index in [2.05, 4.69) is 26.1 Å². The summed E-state index contributed by atoms with van der Waals surface area (Å²) in [5.74, 6) is 0.845. The lowest BCUT2D eigenvalue weighted by atomic mass is 9.82. The molecular formula is C16H33NO. The van der Waals surface area contributed by atoms with Crippen molar-refractivity contribution in [2.75, 3.05) is 13.2 Å². The van der Waals surface area contributed by atoms with Gasteiger partial charge in [0, 0.05) is 24.6 Å². The molecule has 0 heterocycles. The molecule has 0 aromatic carbocycles. The molecule has 1 fully saturated rings. The Kier molecular flexibility index (Phi) is 7.25. The highest BCUT2D eigenvalue weighted by Gasteiger charge is 2.27. The summed E-state index contributed by atoms with van der Waals surface area (Å²) in [4.78, 5) is 0. The second-order valence-corrected chi connectivity index (χ2v) is 6.29. The maximum absolute atomic E-state index is 9.60. The summed E-state index contributed by atoms with van der Waals surface area (Å²) >= 11 is 0. The van der Waals surface area contributed by atoms with Crippen LogP contribution >= 0.6 is 0 Å². The van der Waals surface area contributed by atoms with Crippen LogP contribution < -0.4 is 5.32 Å². The first-order valence-electron chi connectivity index (χ1n) is 8.01. The summed E-state index contributed by atoms with van der Waals surface area (Å²) in [6.45, 7) is 8.00. The molecule has 0 radical (unpaired) electrons. The molecule has 1 aliphatic rings. The van der Waals surface area contributed by atoms with Gasteiger partial charge in [-0.1, -0.05) is 39.5 Å². The van der Waals surface area contributed by atoms with Crippen LogP contribution in [0.4, 0.5) is 0 Å². The van der Waals surface area contributed by atoms with Gasteiger partial charge < -0.3 is 10.4 Å². The Bertz CT molecular complexity index is 197. The fourth-order valence-corrected chi connectivity index (χ4v) is 3.13. The van der Waals surface area contributed by atoms with Crippen LogP contribution in [-0.2, 0) is 0 Å². The van der Waals surface area contributed by atoms with Crippen LogP contribution in [0.3, 0.4) is 0 Å². The molecule has 0 aromatic rings. The zero-order valence-corrected chi connectivity index (χ0v) is 12.7. The predicted octanol–water partition coefficient (Wildman–Crippen LogP) is 3.73. The highest BCUT2D eigenvalue weighted by atomic mass is 16.3. The summed E-state index contributed by atoms with van der Waals surface area (Å²) in [5, 5.41) is 13.3. The lowest BCUT2D eigenvalue weighted by Crippen LogP contribution is -2.43. The van der Waals surface area contributed by atoms with Crippen LogP contribution in [0.25, 0.3) is 0 Å². The number of nitrogens with one attached hydrogen (secondary N) is 1. The molecule has 0 aliphatic heterocycles. The summed E-state index contributed by atoms with van der Waals surface area (Å²) in [5.41, 5.74) is 0.0962. The van der Waals surface area contributed by atoms with E-state index in [0.717, 1.165) is 25.3 Å². The van der Waals surface area contributed by atoms with Gasteiger partial charge in [0.15, 0.2) is 0 Å². The van der Waals surface area contributed by atoms with Gasteiger partial charge in [-0.2, -0.15) is 0 Å². The summed E-state index contributed by atoms with van der Waals surface area (Å²) in [6.07, 6.45) is 10.6. The molecule has 1 aliphatic carbocycles. The van der Waals surface area contributed by atoms with Crippen molar-refractivity contribution >= 4 is 0 Å². The van der Waals surface area contributed by atoms with Gasteiger partial charge in [0.25, 0.3) is 0 Å². The van der Waals surface area contributed by atoms with E-state index in [-0.39, 0.29) is 5.41 Å². The molecule has 0 aromatic heterocycles. The third kappa shape index (κ3) is 4.55. The predicted molar refractivity (Wildman–Crippen MR) is 78.8 cm³/mol. The highest BCUT2D eigenvalue weighted by Crippen LogP contribution is 2.28. The Morgan fingerprint density at radius 2 is 1.67 bits per heavy atom. The van der Waals surface area contributed by atoms with Gasteiger partial charge >= 0.3 is 0 Å². The molecular weight excluding hydrogens is 222 g/mol. The number of hydrogen-bond acceptors (Lipinski definition) is 2. The first kappa shape index (κ1) is 16.0. The minimum Gasteiger partial charge on any atom is -0.396 e. The van der Waals surface area contributed by atoms with E-state index in [4.69, 9.17) is 0 Å². The summed E-state index contributed by atoms with van der Waals surface area (Å²) in [6, 6.07) is 0.604. The number of hydrogen-bond donors (Lipinski definition) is 2. The molecule has 2 heteroatoms. The van der Waals surface area contributed by atoms with Gasteiger partial charge in [-0.3, -0.25) is 0 Å². The zero-order valence-electron chi connectivity index (χ0n) is 12.7. The maximum atomic E-state index is 9.60. The van der Waals surface area contributed by atoms with Crippen molar-refractivity contribution in [1.82, 2.24) is 5.32 Å². The number of rotatable bonds is 7. The third-order valence-electron chi connectivity index (χ3n) is 5.24. The molecule has 2 N–H and O–H groups in total. The molecule has 0 bridgehead atoms. The molecule has 1 rings (SSSR count). The van der Waals surface area contributed by atoms with Gasteiger partial charge in [-0.25, -0.2) is 0 Å². The first-order valence-corrected chi connectivity index (χ1v) is 8.01. The molecule has 0 saturated heterocycles. The van der Waals surface area contributed by atoms with Crippen molar-refractivity contribution in [2.45, 2.75) is 78.2 Å². The van der Waals surface area contributed by atoms with Crippen molar-refractivity contribution in [3.8, 4) is 0 Å². The average molecular weight is 255 g/mol. The molecule has 0 amide bonds. The molecule has 1 atom stereocenters. The normalized spacial score (nSPS) is 20.7. The van der Waals surface area contributed by atoms with E-state index in [9.17, 15) is 5.11 Å². The van der Waals surface area contributed by atoms with Gasteiger partial charge in [0.1, 0.15) is 0 Å². The van der Waals surface area contributed by atoms with Crippen LogP contribution in [0.2, 0.25) is 0 Å². The second kappa shape index (κ2) is 8.16. The minimum atomic E-state index is 0.0962. The maximum Gasteiger partial charge on any atom is 0.0499 e.